The molecular weight excluding hydrogens is 907 g/mol. The van der Waals surface area contributed by atoms with E-state index in [-0.39, 0.29) is 47.5 Å². The van der Waals surface area contributed by atoms with Crippen LogP contribution in [0.15, 0.2) is 97.7 Å². The molecule has 0 spiro atoms. The van der Waals surface area contributed by atoms with Crippen molar-refractivity contribution in [3.63, 3.8) is 0 Å². The number of ether oxygens (including phenoxy) is 1. The Bertz CT molecular complexity index is 1720. The largest absolute Gasteiger partial charge is 4.00 e. The second-order valence-electron chi connectivity index (χ2n) is 10.6. The van der Waals surface area contributed by atoms with Gasteiger partial charge >= 0.3 is 21.1 Å². The van der Waals surface area contributed by atoms with Crippen molar-refractivity contribution in [3.8, 4) is 39.9 Å². The van der Waals surface area contributed by atoms with E-state index in [0.29, 0.717) is 22.8 Å². The van der Waals surface area contributed by atoms with Crippen molar-refractivity contribution in [2.45, 2.75) is 26.2 Å². The summed E-state index contributed by atoms with van der Waals surface area (Å²) in [6.07, 6.45) is 15.8. The number of hydrogen-bond acceptors (Lipinski definition) is 4. The summed E-state index contributed by atoms with van der Waals surface area (Å²) in [6.45, 7) is 8.58. The van der Waals surface area contributed by atoms with Crippen LogP contribution in [-0.4, -0.2) is 21.5 Å². The van der Waals surface area contributed by atoms with Crippen molar-refractivity contribution in [3.05, 3.63) is 147 Å². The normalized spacial score (nSPS) is 11.9. The van der Waals surface area contributed by atoms with E-state index >= 15 is 0 Å². The minimum atomic E-state index is 0. The molecule has 1 aliphatic heterocycles. The van der Waals surface area contributed by atoms with Crippen molar-refractivity contribution < 1.29 is 46.9 Å². The monoisotopic (exact) mass is 935 g/mol. The van der Waals surface area contributed by atoms with Gasteiger partial charge in [0.2, 0.25) is 0 Å². The quantitative estimate of drug-likeness (QED) is 0.134. The first-order valence-electron chi connectivity index (χ1n) is 13.4. The van der Waals surface area contributed by atoms with Gasteiger partial charge in [-0.15, -0.1) is 35.5 Å². The Labute approximate surface area is 290 Å². The van der Waals surface area contributed by atoms with Crippen molar-refractivity contribution in [1.29, 1.82) is 0 Å². The maximum Gasteiger partial charge on any atom is 4.00 e. The standard InChI is InChI=1S/C31H25N3O.C6H4N.2Pt/c1-31(2,3)26-10-5-8-23(18-26)24-14-15-32-30(20-24)25-9-6-12-28(19-25)35-29-13-7-11-27(21-29)34-17-16-33(4)22-34;1-2-7-5-3-4-6-7;;/h5-7,10-18,22H,1-4H3;3-6H;;/q-6;-1;;+4. The molecule has 3 aromatic carbocycles. The molecule has 0 bridgehead atoms. The van der Waals surface area contributed by atoms with E-state index in [1.54, 1.807) is 23.2 Å². The van der Waals surface area contributed by atoms with Gasteiger partial charge in [0, 0.05) is 39.2 Å². The smallest absolute Gasteiger partial charge is 0.669 e. The predicted octanol–water partition coefficient (Wildman–Crippen LogP) is 7.73. The van der Waals surface area contributed by atoms with Gasteiger partial charge in [0.15, 0.2) is 0 Å². The summed E-state index contributed by atoms with van der Waals surface area (Å²) in [5.41, 5.74) is 5.44. The van der Waals surface area contributed by atoms with Crippen LogP contribution in [0.1, 0.15) is 26.3 Å². The Kier molecular flexibility index (Phi) is 12.4. The Morgan fingerprint density at radius 2 is 1.64 bits per heavy atom. The van der Waals surface area contributed by atoms with Crippen LogP contribution < -0.4 is 9.64 Å². The Hall–Kier alpha value is -3.83. The van der Waals surface area contributed by atoms with Crippen LogP contribution in [0.4, 0.5) is 5.69 Å². The van der Waals surface area contributed by atoms with E-state index in [4.69, 9.17) is 11.2 Å². The first-order valence-corrected chi connectivity index (χ1v) is 13.4. The molecule has 0 atom stereocenters. The second-order valence-corrected chi connectivity index (χ2v) is 10.6. The topological polar surface area (TPSA) is 33.5 Å². The fourth-order valence-electron chi connectivity index (χ4n) is 4.12. The van der Waals surface area contributed by atoms with Gasteiger partial charge in [0.1, 0.15) is 0 Å². The molecule has 0 aliphatic carbocycles. The molecule has 0 saturated carbocycles. The zero-order valence-electron chi connectivity index (χ0n) is 24.6. The van der Waals surface area contributed by atoms with Crippen LogP contribution in [0.25, 0.3) is 22.4 Å². The third kappa shape index (κ3) is 9.09. The van der Waals surface area contributed by atoms with Crippen molar-refractivity contribution in [1.82, 2.24) is 14.5 Å². The van der Waals surface area contributed by atoms with Crippen LogP contribution in [-0.2, 0) is 47.5 Å². The summed E-state index contributed by atoms with van der Waals surface area (Å²) in [5, 5.41) is 0. The Morgan fingerprint density at radius 3 is 2.32 bits per heavy atom. The van der Waals surface area contributed by atoms with Crippen LogP contribution in [0.3, 0.4) is 0 Å². The van der Waals surface area contributed by atoms with E-state index in [9.17, 15) is 0 Å². The van der Waals surface area contributed by atoms with Crippen molar-refractivity contribution in [2.75, 3.05) is 11.9 Å². The fraction of sp³-hybridized carbons (Fsp3) is 0.135. The summed E-state index contributed by atoms with van der Waals surface area (Å²) >= 11 is 0. The average molecular weight is 936 g/mol. The zero-order chi connectivity index (χ0) is 29.5. The van der Waals surface area contributed by atoms with E-state index in [0.717, 1.165) is 16.8 Å². The van der Waals surface area contributed by atoms with Crippen LogP contribution in [0.2, 0.25) is 0 Å². The number of hydrogen-bond donors (Lipinski definition) is 0. The van der Waals surface area contributed by atoms with Gasteiger partial charge in [-0.1, -0.05) is 26.5 Å². The molecule has 0 amide bonds. The van der Waals surface area contributed by atoms with E-state index < -0.39 is 0 Å². The SMILES string of the molecule is CN1C=CN(c2[c-]c(Oc3[c-]c(-c4[c-]c(-c5[c-]ccc(C(C)(C)C)c5)ccn4)[c-]cc3)ccc2)[CH-]1.[C-]#Cn1cccc1.[Pt+4].[Pt]. The Balaban J connectivity index is 0.000000520. The van der Waals surface area contributed by atoms with E-state index in [2.05, 4.69) is 74.3 Å². The van der Waals surface area contributed by atoms with Crippen LogP contribution >= 0.6 is 0 Å². The number of nitrogens with zero attached hydrogens (tertiary/aromatic N) is 4. The maximum absolute atomic E-state index is 6.57. The molecule has 3 heterocycles. The van der Waals surface area contributed by atoms with Gasteiger partial charge < -0.3 is 42.1 Å². The van der Waals surface area contributed by atoms with E-state index in [1.807, 2.05) is 90.5 Å². The molecule has 0 fully saturated rings. The van der Waals surface area contributed by atoms with Crippen molar-refractivity contribution in [2.24, 2.45) is 0 Å². The van der Waals surface area contributed by atoms with Gasteiger partial charge in [-0.25, -0.2) is 23.2 Å². The van der Waals surface area contributed by atoms with Gasteiger partial charge in [-0.3, -0.25) is 12.1 Å². The van der Waals surface area contributed by atoms with E-state index in [1.165, 1.54) is 5.56 Å². The van der Waals surface area contributed by atoms with Gasteiger partial charge in [0.25, 0.3) is 0 Å². The third-order valence-corrected chi connectivity index (χ3v) is 6.36. The zero-order valence-corrected chi connectivity index (χ0v) is 29.2. The third-order valence-electron chi connectivity index (χ3n) is 6.36. The molecule has 6 rings (SSSR count). The number of pyridine rings is 1. The maximum atomic E-state index is 6.57. The predicted molar refractivity (Wildman–Crippen MR) is 165 cm³/mol. The molecule has 5 nitrogen and oxygen atoms in total. The van der Waals surface area contributed by atoms with Crippen LogP contribution in [0.5, 0.6) is 11.5 Å². The van der Waals surface area contributed by atoms with Crippen LogP contribution in [0, 0.1) is 49.5 Å². The minimum Gasteiger partial charge on any atom is -0.669 e. The molecule has 5 aromatic rings. The first kappa shape index (κ1) is 34.7. The molecule has 0 N–H and O–H groups in total. The summed E-state index contributed by atoms with van der Waals surface area (Å²) in [4.78, 5) is 8.47. The fourth-order valence-corrected chi connectivity index (χ4v) is 4.12. The number of benzene rings is 3. The Morgan fingerprint density at radius 1 is 0.886 bits per heavy atom. The molecule has 0 saturated heterocycles. The summed E-state index contributed by atoms with van der Waals surface area (Å²) in [6, 6.07) is 40.0. The van der Waals surface area contributed by atoms with Crippen molar-refractivity contribution >= 4 is 5.69 Å². The molecule has 44 heavy (non-hydrogen) atoms. The minimum absolute atomic E-state index is 0. The molecule has 7 heteroatoms. The molecule has 226 valence electrons. The molecule has 0 radical (unpaired) electrons. The molecule has 2 aromatic heterocycles. The summed E-state index contributed by atoms with van der Waals surface area (Å²) < 4.78 is 7.62. The van der Waals surface area contributed by atoms with Gasteiger partial charge in [-0.05, 0) is 43.2 Å². The van der Waals surface area contributed by atoms with Gasteiger partial charge in [-0.2, -0.15) is 48.8 Å². The van der Waals surface area contributed by atoms with Gasteiger partial charge in [0.05, 0.1) is 0 Å². The molecule has 1 aliphatic rings. The first-order chi connectivity index (χ1) is 20.3. The summed E-state index contributed by atoms with van der Waals surface area (Å²) in [5.74, 6) is 1.17. The second kappa shape index (κ2) is 15.8. The number of aromatic nitrogens is 2. The molecule has 0 unspecified atom stereocenters. The number of rotatable bonds is 5. The molecular formula is C37H29N4OPt2-3. The number of anilines is 1. The average Bonchev–Trinajstić information content (AvgIpc) is 3.70. The summed E-state index contributed by atoms with van der Waals surface area (Å²) in [7, 11) is 1.98.